The van der Waals surface area contributed by atoms with Gasteiger partial charge in [0.25, 0.3) is 5.91 Å². The Morgan fingerprint density at radius 2 is 2.00 bits per heavy atom. The first-order valence-electron chi connectivity index (χ1n) is 9.53. The lowest BCUT2D eigenvalue weighted by atomic mass is 10.2. The summed E-state index contributed by atoms with van der Waals surface area (Å²) in [6.45, 7) is 2.62. The molecular formula is C23H19Cl2N3O3. The normalized spacial score (nSPS) is 10.8. The van der Waals surface area contributed by atoms with E-state index >= 15 is 0 Å². The van der Waals surface area contributed by atoms with Crippen LogP contribution in [0.5, 0.6) is 5.75 Å². The first-order valence-corrected chi connectivity index (χ1v) is 10.3. The highest BCUT2D eigenvalue weighted by atomic mass is 35.5. The van der Waals surface area contributed by atoms with Gasteiger partial charge in [-0.3, -0.25) is 9.48 Å². The van der Waals surface area contributed by atoms with E-state index in [1.54, 1.807) is 35.3 Å². The monoisotopic (exact) mass is 455 g/mol. The molecule has 0 unspecified atom stereocenters. The number of hydrogen-bond donors (Lipinski definition) is 1. The molecule has 0 atom stereocenters. The van der Waals surface area contributed by atoms with Gasteiger partial charge in [-0.2, -0.15) is 5.10 Å². The van der Waals surface area contributed by atoms with Gasteiger partial charge in [-0.05, 0) is 48.4 Å². The van der Waals surface area contributed by atoms with Crippen molar-refractivity contribution >= 4 is 34.8 Å². The maximum Gasteiger partial charge on any atom is 0.291 e. The number of rotatable bonds is 7. The summed E-state index contributed by atoms with van der Waals surface area (Å²) in [7, 11) is 0. The lowest BCUT2D eigenvalue weighted by Gasteiger charge is -2.09. The Bertz CT molecular complexity index is 1200. The molecule has 0 saturated heterocycles. The SMILES string of the molecule is Cc1cccc(Cl)c1OCc1ccc(C(=O)Nc2cccc(Cn3cc(Cl)cn3)c2)o1. The first-order chi connectivity index (χ1) is 15.0. The topological polar surface area (TPSA) is 69.3 Å². The second kappa shape index (κ2) is 9.29. The van der Waals surface area contributed by atoms with Crippen molar-refractivity contribution in [2.75, 3.05) is 5.32 Å². The molecule has 0 radical (unpaired) electrons. The molecule has 1 amide bonds. The van der Waals surface area contributed by atoms with E-state index < -0.39 is 0 Å². The highest BCUT2D eigenvalue weighted by Crippen LogP contribution is 2.29. The van der Waals surface area contributed by atoms with Gasteiger partial charge in [0.15, 0.2) is 5.76 Å². The number of nitrogens with one attached hydrogen (secondary N) is 1. The van der Waals surface area contributed by atoms with Gasteiger partial charge < -0.3 is 14.5 Å². The third-order valence-corrected chi connectivity index (χ3v) is 5.03. The van der Waals surface area contributed by atoms with Crippen LogP contribution in [-0.4, -0.2) is 15.7 Å². The zero-order chi connectivity index (χ0) is 21.8. The number of benzene rings is 2. The van der Waals surface area contributed by atoms with Crippen molar-refractivity contribution in [3.8, 4) is 5.75 Å². The van der Waals surface area contributed by atoms with Crippen LogP contribution < -0.4 is 10.1 Å². The van der Waals surface area contributed by atoms with Gasteiger partial charge >= 0.3 is 0 Å². The molecule has 2 aromatic heterocycles. The van der Waals surface area contributed by atoms with E-state index in [2.05, 4.69) is 10.4 Å². The molecule has 31 heavy (non-hydrogen) atoms. The Morgan fingerprint density at radius 1 is 1.16 bits per heavy atom. The number of nitrogens with zero attached hydrogens (tertiary/aromatic N) is 2. The van der Waals surface area contributed by atoms with Gasteiger partial charge in [0, 0.05) is 11.9 Å². The van der Waals surface area contributed by atoms with E-state index in [0.717, 1.165) is 11.1 Å². The van der Waals surface area contributed by atoms with Crippen molar-refractivity contribution in [3.63, 3.8) is 0 Å². The fourth-order valence-electron chi connectivity index (χ4n) is 3.07. The number of amides is 1. The molecule has 158 valence electrons. The van der Waals surface area contributed by atoms with E-state index in [1.807, 2.05) is 43.3 Å². The van der Waals surface area contributed by atoms with Crippen molar-refractivity contribution < 1.29 is 13.9 Å². The van der Waals surface area contributed by atoms with Crippen LogP contribution in [0.3, 0.4) is 0 Å². The molecule has 0 fully saturated rings. The van der Waals surface area contributed by atoms with E-state index in [-0.39, 0.29) is 18.3 Å². The van der Waals surface area contributed by atoms with Crippen LogP contribution >= 0.6 is 23.2 Å². The molecule has 4 aromatic rings. The average Bonchev–Trinajstić information content (AvgIpc) is 3.37. The number of anilines is 1. The predicted octanol–water partition coefficient (Wildman–Crippen LogP) is 5.97. The summed E-state index contributed by atoms with van der Waals surface area (Å²) in [5.74, 6) is 0.967. The van der Waals surface area contributed by atoms with Gasteiger partial charge in [0.1, 0.15) is 18.1 Å². The lowest BCUT2D eigenvalue weighted by molar-refractivity contribution is 0.0992. The van der Waals surface area contributed by atoms with Gasteiger partial charge in [-0.1, -0.05) is 47.5 Å². The molecule has 0 aliphatic heterocycles. The van der Waals surface area contributed by atoms with E-state index in [4.69, 9.17) is 32.4 Å². The summed E-state index contributed by atoms with van der Waals surface area (Å²) in [5.41, 5.74) is 2.55. The quantitative estimate of drug-likeness (QED) is 0.372. The molecule has 1 N–H and O–H groups in total. The van der Waals surface area contributed by atoms with Gasteiger partial charge in [-0.25, -0.2) is 0 Å². The fourth-order valence-corrected chi connectivity index (χ4v) is 3.50. The summed E-state index contributed by atoms with van der Waals surface area (Å²) in [6, 6.07) is 16.4. The Balaban J connectivity index is 1.38. The highest BCUT2D eigenvalue weighted by Gasteiger charge is 2.13. The molecule has 0 aliphatic rings. The molecular weight excluding hydrogens is 437 g/mol. The van der Waals surface area contributed by atoms with Gasteiger partial charge in [-0.15, -0.1) is 0 Å². The summed E-state index contributed by atoms with van der Waals surface area (Å²) in [5, 5.41) is 8.11. The van der Waals surface area contributed by atoms with Crippen LogP contribution in [0, 0.1) is 6.92 Å². The Labute approximate surface area is 189 Å². The molecule has 0 saturated carbocycles. The third-order valence-electron chi connectivity index (χ3n) is 4.54. The van der Waals surface area contributed by atoms with Gasteiger partial charge in [0.2, 0.25) is 0 Å². The molecule has 4 rings (SSSR count). The number of ether oxygens (including phenoxy) is 1. The minimum absolute atomic E-state index is 0.166. The number of para-hydroxylation sites is 1. The van der Waals surface area contributed by atoms with Crippen LogP contribution in [0.2, 0.25) is 10.0 Å². The molecule has 6 nitrogen and oxygen atoms in total. The molecule has 0 spiro atoms. The third kappa shape index (κ3) is 5.29. The van der Waals surface area contributed by atoms with E-state index in [0.29, 0.717) is 33.8 Å². The Kier molecular flexibility index (Phi) is 6.30. The summed E-state index contributed by atoms with van der Waals surface area (Å²) in [6.07, 6.45) is 3.32. The minimum Gasteiger partial charge on any atom is -0.484 e. The minimum atomic E-state index is -0.348. The van der Waals surface area contributed by atoms with Crippen LogP contribution in [0.25, 0.3) is 0 Å². The van der Waals surface area contributed by atoms with Crippen LogP contribution in [0.1, 0.15) is 27.4 Å². The number of carbonyl (C=O) groups excluding carboxylic acids is 1. The largest absolute Gasteiger partial charge is 0.484 e. The van der Waals surface area contributed by atoms with Crippen molar-refractivity contribution in [2.24, 2.45) is 0 Å². The fraction of sp³-hybridized carbons (Fsp3) is 0.130. The van der Waals surface area contributed by atoms with Crippen molar-refractivity contribution in [2.45, 2.75) is 20.1 Å². The maximum atomic E-state index is 12.6. The van der Waals surface area contributed by atoms with Crippen molar-refractivity contribution in [3.05, 3.63) is 99.7 Å². The maximum absolute atomic E-state index is 12.6. The first kappa shape index (κ1) is 21.0. The smallest absolute Gasteiger partial charge is 0.291 e. The zero-order valence-electron chi connectivity index (χ0n) is 16.6. The number of aromatic nitrogens is 2. The standard InChI is InChI=1S/C23H19Cl2N3O3/c1-15-4-2-7-20(25)22(15)30-14-19-8-9-21(31-19)23(29)27-18-6-3-5-16(10-18)12-28-13-17(24)11-26-28/h2-11,13H,12,14H2,1H3,(H,27,29). The highest BCUT2D eigenvalue weighted by molar-refractivity contribution is 6.32. The number of halogens is 2. The lowest BCUT2D eigenvalue weighted by Crippen LogP contribution is -2.11. The molecule has 2 heterocycles. The van der Waals surface area contributed by atoms with Crippen LogP contribution in [-0.2, 0) is 13.2 Å². The summed E-state index contributed by atoms with van der Waals surface area (Å²) in [4.78, 5) is 12.6. The second-order valence-electron chi connectivity index (χ2n) is 6.95. The van der Waals surface area contributed by atoms with E-state index in [1.165, 1.54) is 0 Å². The predicted molar refractivity (Wildman–Crippen MR) is 120 cm³/mol. The van der Waals surface area contributed by atoms with E-state index in [9.17, 15) is 4.79 Å². The number of furan rings is 1. The van der Waals surface area contributed by atoms with Crippen molar-refractivity contribution in [1.82, 2.24) is 9.78 Å². The number of hydrogen-bond acceptors (Lipinski definition) is 4. The number of aryl methyl sites for hydroxylation is 1. The molecule has 8 heteroatoms. The van der Waals surface area contributed by atoms with Gasteiger partial charge in [0.05, 0.1) is 22.8 Å². The average molecular weight is 456 g/mol. The molecule has 2 aromatic carbocycles. The van der Waals surface area contributed by atoms with Crippen molar-refractivity contribution in [1.29, 1.82) is 0 Å². The molecule has 0 aliphatic carbocycles. The van der Waals surface area contributed by atoms with Crippen LogP contribution in [0.15, 0.2) is 71.4 Å². The summed E-state index contributed by atoms with van der Waals surface area (Å²) >= 11 is 12.1. The Morgan fingerprint density at radius 3 is 2.77 bits per heavy atom. The number of carbonyl (C=O) groups is 1. The van der Waals surface area contributed by atoms with Crippen LogP contribution in [0.4, 0.5) is 5.69 Å². The molecule has 0 bridgehead atoms. The zero-order valence-corrected chi connectivity index (χ0v) is 18.2. The Hall–Kier alpha value is -3.22. The summed E-state index contributed by atoms with van der Waals surface area (Å²) < 4.78 is 13.1. The second-order valence-corrected chi connectivity index (χ2v) is 7.79.